The van der Waals surface area contributed by atoms with Crippen LogP contribution in [0, 0.1) is 11.8 Å². The standard InChI is InChI=1S/C12H21NO3/c1-13-11-8-16-7-10(11)12(14)6-9-2-4-15-5-3-9/h9-11,13H,2-8H2,1H3. The molecule has 2 fully saturated rings. The van der Waals surface area contributed by atoms with E-state index < -0.39 is 0 Å². The first-order chi connectivity index (χ1) is 7.81. The maximum Gasteiger partial charge on any atom is 0.140 e. The number of Topliss-reactive ketones (excluding diaryl/α,β-unsaturated/α-hetero) is 1. The van der Waals surface area contributed by atoms with Crippen molar-refractivity contribution in [3.63, 3.8) is 0 Å². The third kappa shape index (κ3) is 2.81. The van der Waals surface area contributed by atoms with E-state index in [-0.39, 0.29) is 12.0 Å². The van der Waals surface area contributed by atoms with Gasteiger partial charge in [-0.1, -0.05) is 0 Å². The monoisotopic (exact) mass is 227 g/mol. The lowest BCUT2D eigenvalue weighted by atomic mass is 9.87. The SMILES string of the molecule is CNC1COCC1C(=O)CC1CCOCC1. The third-order valence-electron chi connectivity index (χ3n) is 3.70. The van der Waals surface area contributed by atoms with E-state index in [1.807, 2.05) is 7.05 Å². The number of carbonyl (C=O) groups excluding carboxylic acids is 1. The van der Waals surface area contributed by atoms with Crippen LogP contribution in [0.15, 0.2) is 0 Å². The number of ketones is 1. The molecule has 16 heavy (non-hydrogen) atoms. The summed E-state index contributed by atoms with van der Waals surface area (Å²) in [5, 5.41) is 3.16. The largest absolute Gasteiger partial charge is 0.381 e. The minimum atomic E-state index is 0.0628. The van der Waals surface area contributed by atoms with Gasteiger partial charge < -0.3 is 14.8 Å². The van der Waals surface area contributed by atoms with Crippen LogP contribution in [0.4, 0.5) is 0 Å². The second kappa shape index (κ2) is 5.75. The van der Waals surface area contributed by atoms with Crippen LogP contribution in [0.3, 0.4) is 0 Å². The summed E-state index contributed by atoms with van der Waals surface area (Å²) < 4.78 is 10.7. The van der Waals surface area contributed by atoms with Crippen molar-refractivity contribution in [1.29, 1.82) is 0 Å². The van der Waals surface area contributed by atoms with Gasteiger partial charge in [-0.15, -0.1) is 0 Å². The molecule has 2 saturated heterocycles. The summed E-state index contributed by atoms with van der Waals surface area (Å²) in [5.74, 6) is 0.955. The van der Waals surface area contributed by atoms with E-state index >= 15 is 0 Å². The zero-order valence-corrected chi connectivity index (χ0v) is 9.91. The Bertz CT molecular complexity index is 238. The van der Waals surface area contributed by atoms with Crippen molar-refractivity contribution in [3.05, 3.63) is 0 Å². The van der Waals surface area contributed by atoms with Crippen molar-refractivity contribution >= 4 is 5.78 Å². The Balaban J connectivity index is 1.82. The molecule has 2 heterocycles. The smallest absolute Gasteiger partial charge is 0.140 e. The highest BCUT2D eigenvalue weighted by molar-refractivity contribution is 5.82. The number of ether oxygens (including phenoxy) is 2. The summed E-state index contributed by atoms with van der Waals surface area (Å²) in [6.07, 6.45) is 2.77. The van der Waals surface area contributed by atoms with Crippen LogP contribution in [0.25, 0.3) is 0 Å². The van der Waals surface area contributed by atoms with Gasteiger partial charge in [0.25, 0.3) is 0 Å². The van der Waals surface area contributed by atoms with Gasteiger partial charge in [-0.3, -0.25) is 4.79 Å². The number of hydrogen-bond donors (Lipinski definition) is 1. The molecule has 2 rings (SSSR count). The van der Waals surface area contributed by atoms with Gasteiger partial charge in [0.2, 0.25) is 0 Å². The summed E-state index contributed by atoms with van der Waals surface area (Å²) in [4.78, 5) is 12.1. The molecule has 2 atom stereocenters. The number of hydrogen-bond acceptors (Lipinski definition) is 4. The first-order valence-corrected chi connectivity index (χ1v) is 6.16. The van der Waals surface area contributed by atoms with Crippen LogP contribution in [-0.2, 0) is 14.3 Å². The highest BCUT2D eigenvalue weighted by Crippen LogP contribution is 2.23. The number of rotatable bonds is 4. The summed E-state index contributed by atoms with van der Waals surface area (Å²) >= 11 is 0. The quantitative estimate of drug-likeness (QED) is 0.764. The molecule has 0 bridgehead atoms. The maximum absolute atomic E-state index is 12.1. The lowest BCUT2D eigenvalue weighted by Gasteiger charge is -2.23. The molecular weight excluding hydrogens is 206 g/mol. The normalized spacial score (nSPS) is 31.8. The van der Waals surface area contributed by atoms with E-state index in [4.69, 9.17) is 9.47 Å². The predicted octanol–water partition coefficient (Wildman–Crippen LogP) is 0.607. The average Bonchev–Trinajstić information content (AvgIpc) is 2.78. The molecule has 0 amide bonds. The van der Waals surface area contributed by atoms with Crippen LogP contribution < -0.4 is 5.32 Å². The molecule has 2 unspecified atom stereocenters. The summed E-state index contributed by atoms with van der Waals surface area (Å²) in [7, 11) is 1.90. The molecule has 2 aliphatic rings. The second-order valence-electron chi connectivity index (χ2n) is 4.77. The van der Waals surface area contributed by atoms with Gasteiger partial charge in [0, 0.05) is 25.7 Å². The van der Waals surface area contributed by atoms with Crippen LogP contribution in [0.1, 0.15) is 19.3 Å². The molecule has 4 nitrogen and oxygen atoms in total. The molecular formula is C12H21NO3. The first kappa shape index (κ1) is 12.0. The van der Waals surface area contributed by atoms with Crippen molar-refractivity contribution in [2.45, 2.75) is 25.3 Å². The Labute approximate surface area is 96.7 Å². The number of carbonyl (C=O) groups is 1. The fourth-order valence-corrected chi connectivity index (χ4v) is 2.54. The fourth-order valence-electron chi connectivity index (χ4n) is 2.54. The average molecular weight is 227 g/mol. The lowest BCUT2D eigenvalue weighted by molar-refractivity contribution is -0.124. The molecule has 4 heteroatoms. The van der Waals surface area contributed by atoms with Crippen molar-refractivity contribution in [1.82, 2.24) is 5.32 Å². The Morgan fingerprint density at radius 1 is 1.25 bits per heavy atom. The van der Waals surface area contributed by atoms with Crippen molar-refractivity contribution < 1.29 is 14.3 Å². The van der Waals surface area contributed by atoms with E-state index in [9.17, 15) is 4.79 Å². The number of nitrogens with one attached hydrogen (secondary N) is 1. The molecule has 92 valence electrons. The van der Waals surface area contributed by atoms with Crippen LogP contribution in [0.2, 0.25) is 0 Å². The molecule has 2 aliphatic heterocycles. The maximum atomic E-state index is 12.1. The molecule has 0 aromatic rings. The van der Waals surface area contributed by atoms with Crippen molar-refractivity contribution in [2.24, 2.45) is 11.8 Å². The second-order valence-corrected chi connectivity index (χ2v) is 4.77. The Kier molecular flexibility index (Phi) is 4.32. The van der Waals surface area contributed by atoms with E-state index in [1.54, 1.807) is 0 Å². The zero-order chi connectivity index (χ0) is 11.4. The van der Waals surface area contributed by atoms with E-state index in [0.717, 1.165) is 26.1 Å². The molecule has 0 spiro atoms. The number of likely N-dealkylation sites (N-methyl/N-ethyl adjacent to an activating group) is 1. The molecule has 1 N–H and O–H groups in total. The Hall–Kier alpha value is -0.450. The molecule has 0 aromatic carbocycles. The lowest BCUT2D eigenvalue weighted by Crippen LogP contribution is -2.37. The highest BCUT2D eigenvalue weighted by Gasteiger charge is 2.33. The fraction of sp³-hybridized carbons (Fsp3) is 0.917. The third-order valence-corrected chi connectivity index (χ3v) is 3.70. The van der Waals surface area contributed by atoms with Crippen LogP contribution in [0.5, 0.6) is 0 Å². The van der Waals surface area contributed by atoms with Gasteiger partial charge >= 0.3 is 0 Å². The molecule has 0 radical (unpaired) electrons. The predicted molar refractivity (Wildman–Crippen MR) is 60.3 cm³/mol. The van der Waals surface area contributed by atoms with E-state index in [0.29, 0.717) is 31.3 Å². The first-order valence-electron chi connectivity index (χ1n) is 6.16. The van der Waals surface area contributed by atoms with Crippen LogP contribution in [-0.4, -0.2) is 45.3 Å². The Morgan fingerprint density at radius 2 is 2.00 bits per heavy atom. The summed E-state index contributed by atoms with van der Waals surface area (Å²) in [6, 6.07) is 0.215. The van der Waals surface area contributed by atoms with Crippen molar-refractivity contribution in [2.75, 3.05) is 33.5 Å². The van der Waals surface area contributed by atoms with Crippen LogP contribution >= 0.6 is 0 Å². The summed E-state index contributed by atoms with van der Waals surface area (Å²) in [5.41, 5.74) is 0. The minimum absolute atomic E-state index is 0.0628. The van der Waals surface area contributed by atoms with Gasteiger partial charge in [0.05, 0.1) is 19.1 Å². The van der Waals surface area contributed by atoms with Gasteiger partial charge in [-0.05, 0) is 25.8 Å². The summed E-state index contributed by atoms with van der Waals surface area (Å²) in [6.45, 7) is 2.89. The highest BCUT2D eigenvalue weighted by atomic mass is 16.5. The van der Waals surface area contributed by atoms with Gasteiger partial charge in [-0.25, -0.2) is 0 Å². The minimum Gasteiger partial charge on any atom is -0.381 e. The molecule has 0 aromatic heterocycles. The van der Waals surface area contributed by atoms with Gasteiger partial charge in [-0.2, -0.15) is 0 Å². The van der Waals surface area contributed by atoms with Gasteiger partial charge in [0.15, 0.2) is 0 Å². The van der Waals surface area contributed by atoms with E-state index in [1.165, 1.54) is 0 Å². The van der Waals surface area contributed by atoms with Gasteiger partial charge in [0.1, 0.15) is 5.78 Å². The van der Waals surface area contributed by atoms with E-state index in [2.05, 4.69) is 5.32 Å². The van der Waals surface area contributed by atoms with Crippen molar-refractivity contribution in [3.8, 4) is 0 Å². The Morgan fingerprint density at radius 3 is 2.69 bits per heavy atom. The topological polar surface area (TPSA) is 47.6 Å². The zero-order valence-electron chi connectivity index (χ0n) is 9.91. The molecule has 0 aliphatic carbocycles. The molecule has 0 saturated carbocycles.